The van der Waals surface area contributed by atoms with E-state index in [-0.39, 0.29) is 6.04 Å². The lowest BCUT2D eigenvalue weighted by Crippen LogP contribution is -2.21. The maximum Gasteiger partial charge on any atom is 0.140 e. The highest BCUT2D eigenvalue weighted by Crippen LogP contribution is 2.31. The van der Waals surface area contributed by atoms with Crippen molar-refractivity contribution in [1.82, 2.24) is 0 Å². The molecule has 0 saturated heterocycles. The first kappa shape index (κ1) is 15.6. The van der Waals surface area contributed by atoms with Crippen LogP contribution < -0.4 is 10.5 Å². The standard InChI is InChI=1S/C16H17ClINO/c1-2-13(19)10-11-9-12(17)7-8-15(11)20-16-6-4-3-5-14(16)18/h3-9,13H,2,10,19H2,1H3. The first-order valence-corrected chi connectivity index (χ1v) is 8.02. The quantitative estimate of drug-likeness (QED) is 0.714. The molecule has 1 atom stereocenters. The molecule has 2 rings (SSSR count). The summed E-state index contributed by atoms with van der Waals surface area (Å²) in [6.45, 7) is 2.08. The molecule has 0 spiro atoms. The van der Waals surface area contributed by atoms with Gasteiger partial charge in [0.1, 0.15) is 11.5 Å². The van der Waals surface area contributed by atoms with Crippen LogP contribution in [0.3, 0.4) is 0 Å². The summed E-state index contributed by atoms with van der Waals surface area (Å²) in [5.74, 6) is 1.67. The Balaban J connectivity index is 2.29. The summed E-state index contributed by atoms with van der Waals surface area (Å²) < 4.78 is 7.09. The lowest BCUT2D eigenvalue weighted by molar-refractivity contribution is 0.469. The third-order valence-corrected chi connectivity index (χ3v) is 4.21. The minimum atomic E-state index is 0.116. The molecule has 0 bridgehead atoms. The van der Waals surface area contributed by atoms with Crippen molar-refractivity contribution in [3.8, 4) is 11.5 Å². The van der Waals surface area contributed by atoms with Crippen molar-refractivity contribution in [2.24, 2.45) is 5.73 Å². The summed E-state index contributed by atoms with van der Waals surface area (Å²) in [7, 11) is 0. The molecule has 106 valence electrons. The summed E-state index contributed by atoms with van der Waals surface area (Å²) >= 11 is 8.34. The first-order chi connectivity index (χ1) is 9.60. The molecule has 2 aromatic carbocycles. The van der Waals surface area contributed by atoms with Crippen molar-refractivity contribution in [3.05, 3.63) is 56.6 Å². The largest absolute Gasteiger partial charge is 0.456 e. The Kier molecular flexibility index (Phi) is 5.69. The van der Waals surface area contributed by atoms with Crippen molar-refractivity contribution < 1.29 is 4.74 Å². The van der Waals surface area contributed by atoms with Gasteiger partial charge in [0.25, 0.3) is 0 Å². The Labute approximate surface area is 138 Å². The predicted molar refractivity (Wildman–Crippen MR) is 92.7 cm³/mol. The maximum atomic E-state index is 6.08. The summed E-state index contributed by atoms with van der Waals surface area (Å²) in [6.07, 6.45) is 1.69. The zero-order chi connectivity index (χ0) is 14.5. The van der Waals surface area contributed by atoms with Crippen LogP contribution in [0.5, 0.6) is 11.5 Å². The number of para-hydroxylation sites is 1. The fraction of sp³-hybridized carbons (Fsp3) is 0.250. The molecular weight excluding hydrogens is 385 g/mol. The first-order valence-electron chi connectivity index (χ1n) is 6.56. The van der Waals surface area contributed by atoms with Crippen molar-refractivity contribution in [2.45, 2.75) is 25.8 Å². The Morgan fingerprint density at radius 1 is 1.20 bits per heavy atom. The van der Waals surface area contributed by atoms with Crippen molar-refractivity contribution >= 4 is 34.2 Å². The molecular formula is C16H17ClINO. The van der Waals surface area contributed by atoms with E-state index < -0.39 is 0 Å². The van der Waals surface area contributed by atoms with Crippen molar-refractivity contribution in [2.75, 3.05) is 0 Å². The molecule has 20 heavy (non-hydrogen) atoms. The second-order valence-electron chi connectivity index (χ2n) is 4.66. The van der Waals surface area contributed by atoms with Crippen LogP contribution in [0.15, 0.2) is 42.5 Å². The molecule has 2 N–H and O–H groups in total. The van der Waals surface area contributed by atoms with Crippen LogP contribution >= 0.6 is 34.2 Å². The zero-order valence-corrected chi connectivity index (χ0v) is 14.2. The Hall–Kier alpha value is -0.780. The average molecular weight is 402 g/mol. The molecule has 0 aliphatic heterocycles. The monoisotopic (exact) mass is 401 g/mol. The lowest BCUT2D eigenvalue weighted by atomic mass is 10.0. The number of hydrogen-bond donors (Lipinski definition) is 1. The van der Waals surface area contributed by atoms with Gasteiger partial charge in [0.15, 0.2) is 0 Å². The van der Waals surface area contributed by atoms with E-state index in [0.717, 1.165) is 33.5 Å². The van der Waals surface area contributed by atoms with E-state index in [0.29, 0.717) is 5.02 Å². The highest BCUT2D eigenvalue weighted by Gasteiger charge is 2.11. The van der Waals surface area contributed by atoms with E-state index in [1.165, 1.54) is 0 Å². The molecule has 0 aliphatic rings. The van der Waals surface area contributed by atoms with Crippen LogP contribution in [0.4, 0.5) is 0 Å². The number of ether oxygens (including phenoxy) is 1. The highest BCUT2D eigenvalue weighted by atomic mass is 127. The average Bonchev–Trinajstić information content (AvgIpc) is 2.44. The molecule has 1 unspecified atom stereocenters. The summed E-state index contributed by atoms with van der Waals surface area (Å²) in [4.78, 5) is 0. The van der Waals surface area contributed by atoms with Crippen molar-refractivity contribution in [3.63, 3.8) is 0 Å². The smallest absolute Gasteiger partial charge is 0.140 e. The van der Waals surface area contributed by atoms with Gasteiger partial charge in [-0.05, 0) is 71.3 Å². The molecule has 0 saturated carbocycles. The minimum absolute atomic E-state index is 0.116. The fourth-order valence-corrected chi connectivity index (χ4v) is 2.57. The number of halogens is 2. The predicted octanol–water partition coefficient (Wildman–Crippen LogP) is 5.02. The van der Waals surface area contributed by atoms with E-state index in [1.54, 1.807) is 0 Å². The number of benzene rings is 2. The molecule has 2 aromatic rings. The van der Waals surface area contributed by atoms with Crippen LogP contribution in [0.2, 0.25) is 5.02 Å². The third kappa shape index (κ3) is 4.11. The molecule has 2 nitrogen and oxygen atoms in total. The van der Waals surface area contributed by atoms with Gasteiger partial charge >= 0.3 is 0 Å². The molecule has 0 aliphatic carbocycles. The van der Waals surface area contributed by atoms with Gasteiger partial charge in [0.2, 0.25) is 0 Å². The van der Waals surface area contributed by atoms with Gasteiger partial charge in [0.05, 0.1) is 3.57 Å². The molecule has 0 heterocycles. The Morgan fingerprint density at radius 2 is 1.95 bits per heavy atom. The Bertz CT molecular complexity index is 588. The van der Waals surface area contributed by atoms with Gasteiger partial charge in [-0.15, -0.1) is 0 Å². The van der Waals surface area contributed by atoms with Gasteiger partial charge in [-0.3, -0.25) is 0 Å². The van der Waals surface area contributed by atoms with E-state index in [4.69, 9.17) is 22.1 Å². The van der Waals surface area contributed by atoms with Gasteiger partial charge in [-0.25, -0.2) is 0 Å². The van der Waals surface area contributed by atoms with Crippen LogP contribution in [-0.4, -0.2) is 6.04 Å². The molecule has 0 amide bonds. The normalized spacial score (nSPS) is 12.2. The topological polar surface area (TPSA) is 35.2 Å². The summed E-state index contributed by atoms with van der Waals surface area (Å²) in [5.41, 5.74) is 7.09. The SMILES string of the molecule is CCC(N)Cc1cc(Cl)ccc1Oc1ccccc1I. The van der Waals surface area contributed by atoms with Crippen LogP contribution in [0, 0.1) is 3.57 Å². The molecule has 0 radical (unpaired) electrons. The molecule has 4 heteroatoms. The van der Waals surface area contributed by atoms with Crippen LogP contribution in [0.1, 0.15) is 18.9 Å². The summed E-state index contributed by atoms with van der Waals surface area (Å²) in [6, 6.07) is 13.7. The number of hydrogen-bond acceptors (Lipinski definition) is 2. The zero-order valence-electron chi connectivity index (χ0n) is 11.3. The van der Waals surface area contributed by atoms with E-state index in [1.807, 2.05) is 42.5 Å². The Morgan fingerprint density at radius 3 is 2.65 bits per heavy atom. The number of rotatable bonds is 5. The van der Waals surface area contributed by atoms with E-state index >= 15 is 0 Å². The van der Waals surface area contributed by atoms with E-state index in [9.17, 15) is 0 Å². The number of nitrogens with two attached hydrogens (primary N) is 1. The van der Waals surface area contributed by atoms with Crippen LogP contribution in [-0.2, 0) is 6.42 Å². The van der Waals surface area contributed by atoms with E-state index in [2.05, 4.69) is 29.5 Å². The summed E-state index contributed by atoms with van der Waals surface area (Å²) in [5, 5.41) is 0.707. The van der Waals surface area contributed by atoms with Gasteiger partial charge < -0.3 is 10.5 Å². The third-order valence-electron chi connectivity index (χ3n) is 3.09. The minimum Gasteiger partial charge on any atom is -0.456 e. The second-order valence-corrected chi connectivity index (χ2v) is 6.26. The fourth-order valence-electron chi connectivity index (χ4n) is 1.88. The van der Waals surface area contributed by atoms with Crippen molar-refractivity contribution in [1.29, 1.82) is 0 Å². The van der Waals surface area contributed by atoms with Gasteiger partial charge in [0, 0.05) is 11.1 Å². The van der Waals surface area contributed by atoms with Gasteiger partial charge in [-0.1, -0.05) is 30.7 Å². The second kappa shape index (κ2) is 7.29. The highest BCUT2D eigenvalue weighted by molar-refractivity contribution is 14.1. The lowest BCUT2D eigenvalue weighted by Gasteiger charge is -2.15. The van der Waals surface area contributed by atoms with Crippen LogP contribution in [0.25, 0.3) is 0 Å². The maximum absolute atomic E-state index is 6.08. The molecule has 0 aromatic heterocycles. The van der Waals surface area contributed by atoms with Gasteiger partial charge in [-0.2, -0.15) is 0 Å². The molecule has 0 fully saturated rings.